The number of hydrogen-bond donors (Lipinski definition) is 3. The highest BCUT2D eigenvalue weighted by Crippen LogP contribution is 2.00. The molecule has 0 aliphatic carbocycles. The molecule has 1 heterocycles. The molecule has 1 fully saturated rings. The number of carboxylic acid groups (broad SMARTS) is 1. The van der Waals surface area contributed by atoms with Crippen molar-refractivity contribution in [1.29, 1.82) is 0 Å². The number of carboxylic acids is 1. The Morgan fingerprint density at radius 1 is 1.73 bits per heavy atom. The third-order valence-electron chi connectivity index (χ3n) is 1.71. The highest BCUT2D eigenvalue weighted by molar-refractivity contribution is 9.09. The van der Waals surface area contributed by atoms with Gasteiger partial charge in [-0.05, 0) is 6.42 Å². The van der Waals surface area contributed by atoms with Crippen LogP contribution in [0, 0.1) is 0 Å². The summed E-state index contributed by atoms with van der Waals surface area (Å²) in [4.78, 5) is 20.2. The lowest BCUT2D eigenvalue weighted by molar-refractivity contribution is -0.139. The zero-order valence-corrected chi connectivity index (χ0v) is 9.77. The number of rotatable bonds is 3. The average molecular weight is 283 g/mol. The first-order chi connectivity index (χ1) is 6.99. The van der Waals surface area contributed by atoms with Crippen molar-refractivity contribution >= 4 is 27.9 Å². The molecule has 1 rings (SSSR count). The summed E-state index contributed by atoms with van der Waals surface area (Å²) in [7, 11) is 0. The van der Waals surface area contributed by atoms with Crippen LogP contribution in [-0.2, 0) is 14.3 Å². The number of esters is 1. The van der Waals surface area contributed by atoms with Gasteiger partial charge in [0.1, 0.15) is 12.1 Å². The van der Waals surface area contributed by atoms with Crippen LogP contribution >= 0.6 is 15.9 Å². The van der Waals surface area contributed by atoms with E-state index in [1.54, 1.807) is 0 Å². The predicted molar refractivity (Wildman–Crippen MR) is 57.6 cm³/mol. The van der Waals surface area contributed by atoms with Gasteiger partial charge in [-0.1, -0.05) is 15.9 Å². The number of ether oxygens (including phenoxy) is 1. The van der Waals surface area contributed by atoms with Gasteiger partial charge in [0, 0.05) is 11.8 Å². The number of hydrogen-bond acceptors (Lipinski definition) is 5. The van der Waals surface area contributed by atoms with Crippen molar-refractivity contribution in [3.05, 3.63) is 0 Å². The number of cyclic esters (lactones) is 1. The number of alkyl halides is 1. The molecule has 88 valence electrons. The Labute approximate surface area is 96.1 Å². The normalized spacial score (nSPS) is 21.3. The Bertz CT molecular complexity index is 225. The molecule has 0 aromatic rings. The number of carbonyl (C=O) groups is 2. The molecule has 0 spiro atoms. The van der Waals surface area contributed by atoms with Gasteiger partial charge in [-0.3, -0.25) is 9.59 Å². The largest absolute Gasteiger partial charge is 0.480 e. The molecule has 0 amide bonds. The summed E-state index contributed by atoms with van der Waals surface area (Å²) in [5.74, 6) is -1.20. The van der Waals surface area contributed by atoms with Crippen LogP contribution in [0.25, 0.3) is 0 Å². The lowest BCUT2D eigenvalue weighted by Gasteiger charge is -1.99. The molecule has 0 aromatic heterocycles. The molecule has 15 heavy (non-hydrogen) atoms. The number of halogens is 1. The van der Waals surface area contributed by atoms with E-state index in [-0.39, 0.29) is 12.0 Å². The zero-order chi connectivity index (χ0) is 11.8. The van der Waals surface area contributed by atoms with Crippen molar-refractivity contribution in [3.8, 4) is 0 Å². The lowest BCUT2D eigenvalue weighted by atomic mass is 10.2. The fraction of sp³-hybridized carbons (Fsp3) is 0.750. The lowest BCUT2D eigenvalue weighted by Crippen LogP contribution is -2.30. The minimum absolute atomic E-state index is 0.264. The highest BCUT2D eigenvalue weighted by atomic mass is 79.9. The molecule has 2 unspecified atom stereocenters. The zero-order valence-electron chi connectivity index (χ0n) is 8.19. The van der Waals surface area contributed by atoms with Gasteiger partial charge < -0.3 is 21.3 Å². The van der Waals surface area contributed by atoms with Gasteiger partial charge in [-0.2, -0.15) is 0 Å². The van der Waals surface area contributed by atoms with Gasteiger partial charge in [-0.25, -0.2) is 0 Å². The Kier molecular flexibility index (Phi) is 7.27. The fourth-order valence-electron chi connectivity index (χ4n) is 0.752. The molecule has 1 aliphatic rings. The molecule has 0 radical (unpaired) electrons. The number of aliphatic carboxylic acids is 1. The number of carbonyl (C=O) groups excluding carboxylic acids is 1. The standard InChI is InChI=1S/C4H8BrNO2.C4H7NO2/c5-2-1-3(6)4(7)8;5-3-1-2-7-4(3)6/h3H,1-2,6H2,(H,7,8);3H,1-2,5H2. The molecule has 6 nitrogen and oxygen atoms in total. The van der Waals surface area contributed by atoms with Gasteiger partial charge in [-0.15, -0.1) is 0 Å². The van der Waals surface area contributed by atoms with E-state index in [4.69, 9.17) is 16.6 Å². The van der Waals surface area contributed by atoms with Crippen LogP contribution in [0.5, 0.6) is 0 Å². The quantitative estimate of drug-likeness (QED) is 0.472. The van der Waals surface area contributed by atoms with E-state index in [9.17, 15) is 9.59 Å². The summed E-state index contributed by atoms with van der Waals surface area (Å²) >= 11 is 3.07. The van der Waals surface area contributed by atoms with Crippen molar-refractivity contribution in [1.82, 2.24) is 0 Å². The Balaban J connectivity index is 0.000000262. The van der Waals surface area contributed by atoms with E-state index in [0.717, 1.165) is 0 Å². The summed E-state index contributed by atoms with van der Waals surface area (Å²) in [5, 5.41) is 8.81. The van der Waals surface area contributed by atoms with Crippen LogP contribution in [0.4, 0.5) is 0 Å². The van der Waals surface area contributed by atoms with E-state index < -0.39 is 12.0 Å². The third kappa shape index (κ3) is 6.43. The summed E-state index contributed by atoms with van der Waals surface area (Å²) < 4.78 is 4.50. The van der Waals surface area contributed by atoms with E-state index in [0.29, 0.717) is 24.8 Å². The van der Waals surface area contributed by atoms with Crippen LogP contribution in [0.3, 0.4) is 0 Å². The molecule has 0 bridgehead atoms. The smallest absolute Gasteiger partial charge is 0.323 e. The van der Waals surface area contributed by atoms with E-state index in [1.807, 2.05) is 0 Å². The Hall–Kier alpha value is -0.660. The monoisotopic (exact) mass is 282 g/mol. The van der Waals surface area contributed by atoms with Gasteiger partial charge >= 0.3 is 11.9 Å². The summed E-state index contributed by atoms with van der Waals surface area (Å²) in [6.45, 7) is 0.500. The molecule has 7 heteroatoms. The molecule has 1 saturated heterocycles. The average Bonchev–Trinajstić information content (AvgIpc) is 2.52. The molecule has 5 N–H and O–H groups in total. The van der Waals surface area contributed by atoms with Crippen LogP contribution in [0.2, 0.25) is 0 Å². The molecule has 1 aliphatic heterocycles. The van der Waals surface area contributed by atoms with E-state index >= 15 is 0 Å². The second-order valence-electron chi connectivity index (χ2n) is 2.99. The first kappa shape index (κ1) is 14.3. The molecular formula is C8H15BrN2O4. The third-order valence-corrected chi connectivity index (χ3v) is 2.17. The van der Waals surface area contributed by atoms with Crippen LogP contribution in [0.1, 0.15) is 12.8 Å². The minimum atomic E-state index is -0.940. The second kappa shape index (κ2) is 7.61. The highest BCUT2D eigenvalue weighted by Gasteiger charge is 2.21. The van der Waals surface area contributed by atoms with Crippen LogP contribution in [-0.4, -0.2) is 41.1 Å². The first-order valence-corrected chi connectivity index (χ1v) is 5.57. The maximum atomic E-state index is 10.2. The van der Waals surface area contributed by atoms with Gasteiger partial charge in [0.05, 0.1) is 6.61 Å². The molecule has 2 atom stereocenters. The Morgan fingerprint density at radius 3 is 2.47 bits per heavy atom. The summed E-state index contributed by atoms with van der Waals surface area (Å²) in [6.07, 6.45) is 1.16. The topological polar surface area (TPSA) is 116 Å². The predicted octanol–water partition coefficient (Wildman–Crippen LogP) is -0.556. The van der Waals surface area contributed by atoms with Gasteiger partial charge in [0.25, 0.3) is 0 Å². The van der Waals surface area contributed by atoms with Crippen molar-refractivity contribution < 1.29 is 19.4 Å². The van der Waals surface area contributed by atoms with E-state index in [1.165, 1.54) is 0 Å². The molecule has 0 aromatic carbocycles. The maximum Gasteiger partial charge on any atom is 0.323 e. The fourth-order valence-corrected chi connectivity index (χ4v) is 1.25. The van der Waals surface area contributed by atoms with Gasteiger partial charge in [0.2, 0.25) is 0 Å². The SMILES string of the molecule is NC(CCBr)C(=O)O.NC1CCOC1=O. The van der Waals surface area contributed by atoms with Crippen LogP contribution < -0.4 is 11.5 Å². The second-order valence-corrected chi connectivity index (χ2v) is 3.78. The van der Waals surface area contributed by atoms with Crippen LogP contribution in [0.15, 0.2) is 0 Å². The van der Waals surface area contributed by atoms with E-state index in [2.05, 4.69) is 20.7 Å². The summed E-state index contributed by atoms with van der Waals surface area (Å²) in [6, 6.07) is -1.06. The van der Waals surface area contributed by atoms with Crippen molar-refractivity contribution in [2.75, 3.05) is 11.9 Å². The van der Waals surface area contributed by atoms with Crippen molar-refractivity contribution in [3.63, 3.8) is 0 Å². The van der Waals surface area contributed by atoms with Crippen molar-refractivity contribution in [2.24, 2.45) is 11.5 Å². The van der Waals surface area contributed by atoms with Crippen molar-refractivity contribution in [2.45, 2.75) is 24.9 Å². The molecular weight excluding hydrogens is 268 g/mol. The van der Waals surface area contributed by atoms with Gasteiger partial charge in [0.15, 0.2) is 0 Å². The maximum absolute atomic E-state index is 10.2. The Morgan fingerprint density at radius 2 is 2.33 bits per heavy atom. The number of nitrogens with two attached hydrogens (primary N) is 2. The molecule has 0 saturated carbocycles. The summed E-state index contributed by atoms with van der Waals surface area (Å²) in [5.41, 5.74) is 10.3. The first-order valence-electron chi connectivity index (χ1n) is 4.45. The minimum Gasteiger partial charge on any atom is -0.480 e.